The van der Waals surface area contributed by atoms with E-state index in [-0.39, 0.29) is 0 Å². The average molecular weight is 254 g/mol. The fourth-order valence-corrected chi connectivity index (χ4v) is 2.88. The van der Waals surface area contributed by atoms with Crippen molar-refractivity contribution >= 4 is 27.3 Å². The van der Waals surface area contributed by atoms with E-state index in [0.29, 0.717) is 0 Å². The number of hydrogen-bond donors (Lipinski definition) is 0. The number of hydrogen-bond acceptors (Lipinski definition) is 3. The minimum absolute atomic E-state index is 0.759. The minimum atomic E-state index is 0.759. The Bertz CT molecular complexity index is 795. The van der Waals surface area contributed by atoms with E-state index in [1.165, 1.54) is 0 Å². The summed E-state index contributed by atoms with van der Waals surface area (Å²) in [5.74, 6) is 0. The highest BCUT2D eigenvalue weighted by molar-refractivity contribution is 7.15. The minimum Gasteiger partial charge on any atom is -0.324 e. The fourth-order valence-electron chi connectivity index (χ4n) is 2.16. The van der Waals surface area contributed by atoms with Gasteiger partial charge < -0.3 is 4.57 Å². The summed E-state index contributed by atoms with van der Waals surface area (Å²) in [6.07, 6.45) is 5.97. The maximum Gasteiger partial charge on any atom is 0.193 e. The van der Waals surface area contributed by atoms with Crippen LogP contribution in [0.25, 0.3) is 16.0 Å². The normalized spacial score (nSPS) is 11.6. The van der Waals surface area contributed by atoms with Crippen LogP contribution in [-0.4, -0.2) is 18.9 Å². The molecule has 0 saturated carbocycles. The van der Waals surface area contributed by atoms with Crippen molar-refractivity contribution in [3.8, 4) is 0 Å². The van der Waals surface area contributed by atoms with Crippen molar-refractivity contribution in [2.75, 3.05) is 0 Å². The number of imidazole rings is 2. The van der Waals surface area contributed by atoms with Crippen LogP contribution < -0.4 is 0 Å². The van der Waals surface area contributed by atoms with Gasteiger partial charge in [0.05, 0.1) is 29.6 Å². The van der Waals surface area contributed by atoms with E-state index in [1.807, 2.05) is 36.1 Å². The Morgan fingerprint density at radius 3 is 3.11 bits per heavy atom. The largest absolute Gasteiger partial charge is 0.324 e. The van der Waals surface area contributed by atoms with Gasteiger partial charge in [-0.3, -0.25) is 4.40 Å². The van der Waals surface area contributed by atoms with Gasteiger partial charge in [0.2, 0.25) is 0 Å². The first-order valence-electron chi connectivity index (χ1n) is 5.71. The summed E-state index contributed by atoms with van der Waals surface area (Å²) in [7, 11) is 0. The molecule has 5 heteroatoms. The van der Waals surface area contributed by atoms with E-state index in [9.17, 15) is 0 Å². The molecule has 1 aromatic carbocycles. The van der Waals surface area contributed by atoms with Crippen molar-refractivity contribution in [1.82, 2.24) is 18.9 Å². The maximum atomic E-state index is 4.59. The van der Waals surface area contributed by atoms with Crippen LogP contribution in [0.15, 0.2) is 48.4 Å². The summed E-state index contributed by atoms with van der Waals surface area (Å²) in [5, 5.41) is 2.04. The summed E-state index contributed by atoms with van der Waals surface area (Å²) in [4.78, 5) is 10.0. The van der Waals surface area contributed by atoms with Crippen LogP contribution >= 0.6 is 11.3 Å². The van der Waals surface area contributed by atoms with Crippen molar-refractivity contribution in [2.24, 2.45) is 0 Å². The van der Waals surface area contributed by atoms with Crippen LogP contribution in [-0.2, 0) is 6.54 Å². The number of nitrogens with zero attached hydrogens (tertiary/aromatic N) is 4. The van der Waals surface area contributed by atoms with Crippen molar-refractivity contribution < 1.29 is 0 Å². The van der Waals surface area contributed by atoms with Crippen LogP contribution in [0.3, 0.4) is 0 Å². The Morgan fingerprint density at radius 2 is 2.17 bits per heavy atom. The lowest BCUT2D eigenvalue weighted by molar-refractivity contribution is 0.804. The number of para-hydroxylation sites is 2. The number of benzene rings is 1. The molecule has 0 bridgehead atoms. The molecule has 0 fully saturated rings. The van der Waals surface area contributed by atoms with Gasteiger partial charge in [-0.1, -0.05) is 12.1 Å². The predicted octanol–water partition coefficient (Wildman–Crippen LogP) is 2.79. The van der Waals surface area contributed by atoms with Gasteiger partial charge in [0.25, 0.3) is 0 Å². The average Bonchev–Trinajstić information content (AvgIpc) is 3.04. The highest BCUT2D eigenvalue weighted by Crippen LogP contribution is 2.16. The molecule has 0 N–H and O–H groups in total. The van der Waals surface area contributed by atoms with Gasteiger partial charge in [0, 0.05) is 17.8 Å². The molecule has 0 unspecified atom stereocenters. The molecular formula is C13H10N4S. The van der Waals surface area contributed by atoms with E-state index in [0.717, 1.165) is 28.2 Å². The van der Waals surface area contributed by atoms with Gasteiger partial charge in [-0.05, 0) is 12.1 Å². The summed E-state index contributed by atoms with van der Waals surface area (Å²) in [5.41, 5.74) is 3.23. The Kier molecular flexibility index (Phi) is 2.01. The molecule has 88 valence electrons. The zero-order valence-electron chi connectivity index (χ0n) is 9.52. The fraction of sp³-hybridized carbons (Fsp3) is 0.0769. The number of fused-ring (bicyclic) bond motifs is 2. The lowest BCUT2D eigenvalue weighted by Crippen LogP contribution is -1.97. The van der Waals surface area contributed by atoms with Crippen LogP contribution in [0.4, 0.5) is 0 Å². The van der Waals surface area contributed by atoms with Crippen molar-refractivity contribution in [3.05, 3.63) is 54.1 Å². The molecule has 0 aliphatic carbocycles. The summed E-state index contributed by atoms with van der Waals surface area (Å²) in [6.45, 7) is 0.759. The molecular weight excluding hydrogens is 244 g/mol. The SMILES string of the molecule is c1ccc2c(c1)ncn2Cc1cn2ccsc2n1. The molecule has 0 aliphatic heterocycles. The lowest BCUT2D eigenvalue weighted by Gasteiger charge is -2.00. The lowest BCUT2D eigenvalue weighted by atomic mass is 10.3. The topological polar surface area (TPSA) is 35.1 Å². The first kappa shape index (κ1) is 9.85. The second kappa shape index (κ2) is 3.68. The first-order valence-corrected chi connectivity index (χ1v) is 6.59. The van der Waals surface area contributed by atoms with Crippen LogP contribution in [0.2, 0.25) is 0 Å². The van der Waals surface area contributed by atoms with Gasteiger partial charge in [-0.25, -0.2) is 9.97 Å². The van der Waals surface area contributed by atoms with Crippen molar-refractivity contribution in [2.45, 2.75) is 6.54 Å². The maximum absolute atomic E-state index is 4.59. The number of thiazole rings is 1. The zero-order chi connectivity index (χ0) is 11.9. The predicted molar refractivity (Wildman–Crippen MR) is 71.9 cm³/mol. The monoisotopic (exact) mass is 254 g/mol. The molecule has 4 nitrogen and oxygen atoms in total. The third kappa shape index (κ3) is 1.44. The number of aromatic nitrogens is 4. The van der Waals surface area contributed by atoms with E-state index >= 15 is 0 Å². The van der Waals surface area contributed by atoms with Crippen molar-refractivity contribution in [3.63, 3.8) is 0 Å². The van der Waals surface area contributed by atoms with Crippen LogP contribution in [0.5, 0.6) is 0 Å². The van der Waals surface area contributed by atoms with E-state index in [1.54, 1.807) is 11.3 Å². The second-order valence-corrected chi connectivity index (χ2v) is 5.06. The smallest absolute Gasteiger partial charge is 0.193 e. The Morgan fingerprint density at radius 1 is 1.22 bits per heavy atom. The summed E-state index contributed by atoms with van der Waals surface area (Å²) < 4.78 is 4.18. The summed E-state index contributed by atoms with van der Waals surface area (Å²) >= 11 is 1.65. The second-order valence-electron chi connectivity index (χ2n) is 4.19. The molecule has 4 rings (SSSR count). The molecule has 0 atom stereocenters. The van der Waals surface area contributed by atoms with Gasteiger partial charge >= 0.3 is 0 Å². The Hall–Kier alpha value is -2.14. The van der Waals surface area contributed by atoms with Crippen LogP contribution in [0.1, 0.15) is 5.69 Å². The summed E-state index contributed by atoms with van der Waals surface area (Å²) in [6, 6.07) is 8.15. The van der Waals surface area contributed by atoms with Gasteiger partial charge in [-0.15, -0.1) is 11.3 Å². The molecule has 0 amide bonds. The Balaban J connectivity index is 1.77. The molecule has 0 saturated heterocycles. The van der Waals surface area contributed by atoms with Gasteiger partial charge in [-0.2, -0.15) is 0 Å². The highest BCUT2D eigenvalue weighted by Gasteiger charge is 2.06. The number of rotatable bonds is 2. The van der Waals surface area contributed by atoms with Gasteiger partial charge in [0.1, 0.15) is 0 Å². The standard InChI is InChI=1S/C13H10N4S/c1-2-4-12-11(3-1)14-9-17(12)8-10-7-16-5-6-18-13(16)15-10/h1-7,9H,8H2. The molecule has 0 radical (unpaired) electrons. The molecule has 0 spiro atoms. The first-order chi connectivity index (χ1) is 8.90. The third-order valence-corrected chi connectivity index (χ3v) is 3.77. The Labute approximate surface area is 107 Å². The third-order valence-electron chi connectivity index (χ3n) is 3.00. The van der Waals surface area contributed by atoms with E-state index in [2.05, 4.69) is 31.2 Å². The van der Waals surface area contributed by atoms with E-state index < -0.39 is 0 Å². The molecule has 18 heavy (non-hydrogen) atoms. The van der Waals surface area contributed by atoms with Crippen molar-refractivity contribution in [1.29, 1.82) is 0 Å². The van der Waals surface area contributed by atoms with Crippen LogP contribution in [0, 0.1) is 0 Å². The molecule has 3 heterocycles. The highest BCUT2D eigenvalue weighted by atomic mass is 32.1. The quantitative estimate of drug-likeness (QED) is 0.551. The molecule has 3 aromatic heterocycles. The van der Waals surface area contributed by atoms with E-state index in [4.69, 9.17) is 0 Å². The molecule has 0 aliphatic rings. The zero-order valence-corrected chi connectivity index (χ0v) is 10.3. The van der Waals surface area contributed by atoms with Gasteiger partial charge in [0.15, 0.2) is 4.96 Å². The molecule has 4 aromatic rings.